The zero-order valence-electron chi connectivity index (χ0n) is 4.43. The summed E-state index contributed by atoms with van der Waals surface area (Å²) in [6, 6.07) is 0. The summed E-state index contributed by atoms with van der Waals surface area (Å²) in [4.78, 5) is 0. The average Bonchev–Trinajstić information content (AvgIpc) is 2.33. The van der Waals surface area contributed by atoms with Crippen molar-refractivity contribution in [2.24, 2.45) is 0 Å². The topological polar surface area (TPSA) is 0 Å². The molecule has 0 radical (unpaired) electrons. The molecule has 0 atom stereocenters. The second-order valence-corrected chi connectivity index (χ2v) is 7.98. The Hall–Kier alpha value is 0.860. The molecule has 0 spiro atoms. The Morgan fingerprint density at radius 2 is 1.29 bits per heavy atom. The van der Waals surface area contributed by atoms with Crippen molar-refractivity contribution in [1.29, 1.82) is 0 Å². The van der Waals surface area contributed by atoms with Crippen LogP contribution < -0.4 is 0 Å². The van der Waals surface area contributed by atoms with E-state index in [1.807, 2.05) is 0 Å². The summed E-state index contributed by atoms with van der Waals surface area (Å²) in [6.07, 6.45) is 6.53. The second-order valence-electron chi connectivity index (χ2n) is 2.38. The first kappa shape index (κ1) is 4.71. The highest BCUT2D eigenvalue weighted by Crippen LogP contribution is 2.65. The van der Waals surface area contributed by atoms with E-state index in [1.54, 1.807) is 30.6 Å². The molecule has 0 N–H and O–H groups in total. The Kier molecular flexibility index (Phi) is 1.13. The Bertz CT molecular complexity index is 64.1. The molecule has 0 aliphatic carbocycles. The van der Waals surface area contributed by atoms with E-state index in [1.165, 1.54) is 0 Å². The Morgan fingerprint density at radius 3 is 1.57 bits per heavy atom. The molecular weight excluding hydrogens is 122 g/mol. The first-order valence-corrected chi connectivity index (χ1v) is 6.69. The van der Waals surface area contributed by atoms with Crippen LogP contribution in [0.15, 0.2) is 0 Å². The predicted molar refractivity (Wildman–Crippen MR) is 38.2 cm³/mol. The molecule has 0 bridgehead atoms. The molecule has 2 heterocycles. The third kappa shape index (κ3) is 1.37. The van der Waals surface area contributed by atoms with Gasteiger partial charge in [0, 0.05) is 0 Å². The van der Waals surface area contributed by atoms with Gasteiger partial charge in [0.25, 0.3) is 0 Å². The lowest BCUT2D eigenvalue weighted by molar-refractivity contribution is 1.75. The fourth-order valence-corrected chi connectivity index (χ4v) is 6.36. The van der Waals surface area contributed by atoms with Gasteiger partial charge in [-0.05, 0) is 30.6 Å². The summed E-state index contributed by atoms with van der Waals surface area (Å²) in [7, 11) is 1.40. The fraction of sp³-hybridized carbons (Fsp3) is 1.00. The Balaban J connectivity index is 1.69. The van der Waals surface area contributed by atoms with Crippen LogP contribution in [0.25, 0.3) is 0 Å². The summed E-state index contributed by atoms with van der Waals surface area (Å²) in [5, 5.41) is 0. The minimum atomic E-state index is 0.701. The SMILES string of the molecule is C1CP1CP1CC1. The zero-order valence-corrected chi connectivity index (χ0v) is 6.22. The van der Waals surface area contributed by atoms with Crippen molar-refractivity contribution >= 4 is 15.8 Å². The highest BCUT2D eigenvalue weighted by atomic mass is 31.2. The quantitative estimate of drug-likeness (QED) is 0.503. The molecule has 2 aliphatic rings. The maximum atomic E-state index is 1.71. The van der Waals surface area contributed by atoms with Crippen molar-refractivity contribution in [2.45, 2.75) is 0 Å². The molecule has 2 rings (SSSR count). The van der Waals surface area contributed by atoms with Crippen molar-refractivity contribution in [3.8, 4) is 0 Å². The number of hydrogen-bond acceptors (Lipinski definition) is 0. The molecule has 40 valence electrons. The molecule has 2 aliphatic heterocycles. The predicted octanol–water partition coefficient (Wildman–Crippen LogP) is 1.93. The summed E-state index contributed by atoms with van der Waals surface area (Å²) in [6.45, 7) is 0. The smallest absolute Gasteiger partial charge is 0.0120 e. The van der Waals surface area contributed by atoms with E-state index in [0.717, 1.165) is 0 Å². The van der Waals surface area contributed by atoms with Crippen molar-refractivity contribution in [2.75, 3.05) is 30.6 Å². The summed E-state index contributed by atoms with van der Waals surface area (Å²) >= 11 is 0. The van der Waals surface area contributed by atoms with E-state index in [-0.39, 0.29) is 0 Å². The number of hydrogen-bond donors (Lipinski definition) is 0. The van der Waals surface area contributed by atoms with Crippen molar-refractivity contribution in [3.05, 3.63) is 0 Å². The molecule has 0 aromatic rings. The minimum Gasteiger partial charge on any atom is -0.102 e. The van der Waals surface area contributed by atoms with Crippen LogP contribution in [0.2, 0.25) is 0 Å². The van der Waals surface area contributed by atoms with Gasteiger partial charge in [0.05, 0.1) is 0 Å². The van der Waals surface area contributed by atoms with Gasteiger partial charge >= 0.3 is 0 Å². The first-order valence-electron chi connectivity index (χ1n) is 2.90. The lowest BCUT2D eigenvalue weighted by atomic mass is 11.0. The van der Waals surface area contributed by atoms with Gasteiger partial charge in [0.1, 0.15) is 0 Å². The molecule has 0 unspecified atom stereocenters. The standard InChI is InChI=1S/C5H10P2/c1-2-6(1)5-7-3-4-7/h1-5H2. The van der Waals surface area contributed by atoms with Crippen LogP contribution in [-0.4, -0.2) is 30.6 Å². The molecule has 0 nitrogen and oxygen atoms in total. The lowest BCUT2D eigenvalue weighted by Gasteiger charge is -1.88. The van der Waals surface area contributed by atoms with Gasteiger partial charge in [-0.25, -0.2) is 0 Å². The van der Waals surface area contributed by atoms with Gasteiger partial charge in [-0.3, -0.25) is 0 Å². The average molecular weight is 132 g/mol. The minimum absolute atomic E-state index is 0.701. The fourth-order valence-electron chi connectivity index (χ4n) is 0.707. The normalized spacial score (nSPS) is 30.9. The third-order valence-electron chi connectivity index (χ3n) is 1.48. The van der Waals surface area contributed by atoms with E-state index < -0.39 is 0 Å². The van der Waals surface area contributed by atoms with Crippen LogP contribution >= 0.6 is 15.8 Å². The molecular formula is C5H10P2. The Morgan fingerprint density at radius 1 is 0.857 bits per heavy atom. The second kappa shape index (κ2) is 1.67. The van der Waals surface area contributed by atoms with Crippen LogP contribution in [0.1, 0.15) is 0 Å². The van der Waals surface area contributed by atoms with E-state index in [4.69, 9.17) is 0 Å². The van der Waals surface area contributed by atoms with Crippen LogP contribution in [0.5, 0.6) is 0 Å². The molecule has 7 heavy (non-hydrogen) atoms. The van der Waals surface area contributed by atoms with Gasteiger partial charge in [0.15, 0.2) is 0 Å². The molecule has 0 amide bonds. The number of rotatable bonds is 2. The summed E-state index contributed by atoms with van der Waals surface area (Å²) in [5.74, 6) is 1.71. The van der Waals surface area contributed by atoms with Gasteiger partial charge in [0.2, 0.25) is 0 Å². The molecule has 0 aromatic heterocycles. The van der Waals surface area contributed by atoms with E-state index in [9.17, 15) is 0 Å². The van der Waals surface area contributed by atoms with Crippen molar-refractivity contribution in [3.63, 3.8) is 0 Å². The molecule has 0 aromatic carbocycles. The molecule has 2 saturated heterocycles. The van der Waals surface area contributed by atoms with Crippen LogP contribution in [-0.2, 0) is 0 Å². The first-order chi connectivity index (χ1) is 3.45. The van der Waals surface area contributed by atoms with E-state index >= 15 is 0 Å². The van der Waals surface area contributed by atoms with E-state index in [0.29, 0.717) is 15.8 Å². The van der Waals surface area contributed by atoms with Crippen LogP contribution in [0.3, 0.4) is 0 Å². The summed E-state index contributed by atoms with van der Waals surface area (Å²) in [5.41, 5.74) is 0. The maximum Gasteiger partial charge on any atom is -0.0120 e. The molecule has 0 saturated carbocycles. The highest BCUT2D eigenvalue weighted by molar-refractivity contribution is 7.81. The van der Waals surface area contributed by atoms with Gasteiger partial charge in [-0.1, -0.05) is 0 Å². The molecule has 2 fully saturated rings. The van der Waals surface area contributed by atoms with Gasteiger partial charge in [-0.2, -0.15) is 0 Å². The lowest BCUT2D eigenvalue weighted by Crippen LogP contribution is -1.52. The largest absolute Gasteiger partial charge is 0.102 e. The third-order valence-corrected chi connectivity index (χ3v) is 6.84. The van der Waals surface area contributed by atoms with Crippen molar-refractivity contribution in [1.82, 2.24) is 0 Å². The van der Waals surface area contributed by atoms with E-state index in [2.05, 4.69) is 0 Å². The van der Waals surface area contributed by atoms with Crippen LogP contribution in [0.4, 0.5) is 0 Å². The maximum absolute atomic E-state index is 1.71. The Labute approximate surface area is 47.2 Å². The molecule has 2 heteroatoms. The van der Waals surface area contributed by atoms with Gasteiger partial charge in [-0.15, -0.1) is 15.8 Å². The van der Waals surface area contributed by atoms with Crippen LogP contribution in [0, 0.1) is 0 Å². The zero-order chi connectivity index (χ0) is 4.69. The van der Waals surface area contributed by atoms with Gasteiger partial charge < -0.3 is 0 Å². The monoisotopic (exact) mass is 132 g/mol. The summed E-state index contributed by atoms with van der Waals surface area (Å²) < 4.78 is 0. The highest BCUT2D eigenvalue weighted by Gasteiger charge is 2.29. The van der Waals surface area contributed by atoms with Crippen molar-refractivity contribution < 1.29 is 0 Å².